The first-order chi connectivity index (χ1) is 10.6. The molecule has 0 spiro atoms. The molecule has 22 heavy (non-hydrogen) atoms. The monoisotopic (exact) mass is 370 g/mol. The molecule has 2 unspecified atom stereocenters. The van der Waals surface area contributed by atoms with Gasteiger partial charge in [0.25, 0.3) is 0 Å². The molecule has 2 rings (SSSR count). The lowest BCUT2D eigenvalue weighted by Crippen LogP contribution is -2.48. The third kappa shape index (κ3) is 5.26. The second-order valence-corrected chi connectivity index (χ2v) is 6.52. The van der Waals surface area contributed by atoms with Gasteiger partial charge in [0.2, 0.25) is 5.91 Å². The molecule has 0 saturated carbocycles. The van der Waals surface area contributed by atoms with E-state index in [4.69, 9.17) is 15.2 Å². The van der Waals surface area contributed by atoms with E-state index in [1.807, 2.05) is 31.2 Å². The molecule has 2 atom stereocenters. The van der Waals surface area contributed by atoms with Gasteiger partial charge < -0.3 is 20.5 Å². The zero-order valence-electron chi connectivity index (χ0n) is 12.8. The molecule has 6 heteroatoms. The van der Waals surface area contributed by atoms with Crippen molar-refractivity contribution in [2.75, 3.05) is 19.8 Å². The van der Waals surface area contributed by atoms with E-state index in [1.54, 1.807) is 0 Å². The van der Waals surface area contributed by atoms with Gasteiger partial charge in [-0.3, -0.25) is 4.79 Å². The Bertz CT molecular complexity index is 492. The molecule has 122 valence electrons. The Morgan fingerprint density at radius 1 is 1.50 bits per heavy atom. The van der Waals surface area contributed by atoms with Gasteiger partial charge in [-0.05, 0) is 43.9 Å². The molecule has 1 aliphatic rings. The van der Waals surface area contributed by atoms with Gasteiger partial charge in [0.1, 0.15) is 11.9 Å². The Kier molecular flexibility index (Phi) is 6.67. The van der Waals surface area contributed by atoms with Crippen LogP contribution in [0.25, 0.3) is 0 Å². The Labute approximate surface area is 139 Å². The van der Waals surface area contributed by atoms with Crippen molar-refractivity contribution in [3.8, 4) is 5.75 Å². The highest BCUT2D eigenvalue weighted by atomic mass is 79.9. The molecule has 3 N–H and O–H groups in total. The van der Waals surface area contributed by atoms with Crippen molar-refractivity contribution in [2.45, 2.75) is 31.9 Å². The fourth-order valence-corrected chi connectivity index (χ4v) is 2.84. The smallest absolute Gasteiger partial charge is 0.237 e. The fourth-order valence-electron chi connectivity index (χ4n) is 2.47. The molecule has 1 amide bonds. The molecule has 1 fully saturated rings. The van der Waals surface area contributed by atoms with Crippen molar-refractivity contribution in [3.05, 3.63) is 28.7 Å². The zero-order valence-corrected chi connectivity index (χ0v) is 14.3. The van der Waals surface area contributed by atoms with Gasteiger partial charge in [0.05, 0.1) is 12.6 Å². The summed E-state index contributed by atoms with van der Waals surface area (Å²) in [5.41, 5.74) is 6.04. The Morgan fingerprint density at radius 3 is 2.91 bits per heavy atom. The van der Waals surface area contributed by atoms with Crippen molar-refractivity contribution < 1.29 is 14.3 Å². The molecule has 0 aliphatic carbocycles. The van der Waals surface area contributed by atoms with E-state index in [0.29, 0.717) is 19.8 Å². The van der Waals surface area contributed by atoms with E-state index in [-0.39, 0.29) is 17.9 Å². The average molecular weight is 371 g/mol. The summed E-state index contributed by atoms with van der Waals surface area (Å²) in [6.07, 6.45) is 1.57. The maximum atomic E-state index is 12.1. The number of nitrogens with two attached hydrogens (primary N) is 1. The highest BCUT2D eigenvalue weighted by Gasteiger charge is 2.26. The number of hydrogen-bond donors (Lipinski definition) is 2. The van der Waals surface area contributed by atoms with Crippen LogP contribution < -0.4 is 15.8 Å². The van der Waals surface area contributed by atoms with Gasteiger partial charge in [-0.1, -0.05) is 22.0 Å². The maximum Gasteiger partial charge on any atom is 0.237 e. The van der Waals surface area contributed by atoms with Crippen LogP contribution in [0, 0.1) is 5.92 Å². The molecule has 1 aromatic rings. The number of carbonyl (C=O) groups is 1. The molecule has 1 saturated heterocycles. The fraction of sp³-hybridized carbons (Fsp3) is 0.562. The number of nitrogens with one attached hydrogen (secondary N) is 1. The Hall–Kier alpha value is -1.11. The number of benzene rings is 1. The molecule has 0 radical (unpaired) electrons. The van der Waals surface area contributed by atoms with E-state index < -0.39 is 6.04 Å². The summed E-state index contributed by atoms with van der Waals surface area (Å²) in [6.45, 7) is 3.73. The molecule has 0 aromatic heterocycles. The summed E-state index contributed by atoms with van der Waals surface area (Å²) < 4.78 is 12.0. The van der Waals surface area contributed by atoms with Gasteiger partial charge >= 0.3 is 0 Å². The molecule has 5 nitrogen and oxygen atoms in total. The van der Waals surface area contributed by atoms with E-state index in [2.05, 4.69) is 21.2 Å². The van der Waals surface area contributed by atoms with Gasteiger partial charge in [-0.25, -0.2) is 0 Å². The maximum absolute atomic E-state index is 12.1. The van der Waals surface area contributed by atoms with E-state index >= 15 is 0 Å². The van der Waals surface area contributed by atoms with Crippen LogP contribution in [0.1, 0.15) is 19.8 Å². The summed E-state index contributed by atoms with van der Waals surface area (Å²) in [5.74, 6) is 0.858. The minimum Gasteiger partial charge on any atom is -0.489 e. The largest absolute Gasteiger partial charge is 0.489 e. The van der Waals surface area contributed by atoms with Crippen molar-refractivity contribution >= 4 is 21.8 Å². The summed E-state index contributed by atoms with van der Waals surface area (Å²) in [5, 5.41) is 2.87. The number of halogens is 1. The predicted molar refractivity (Wildman–Crippen MR) is 88.8 cm³/mol. The van der Waals surface area contributed by atoms with Crippen LogP contribution in [0.4, 0.5) is 0 Å². The number of ether oxygens (including phenoxy) is 2. The molecular weight excluding hydrogens is 348 g/mol. The number of carbonyl (C=O) groups excluding carboxylic acids is 1. The van der Waals surface area contributed by atoms with Crippen LogP contribution in [0.3, 0.4) is 0 Å². The van der Waals surface area contributed by atoms with E-state index in [0.717, 1.165) is 23.1 Å². The minimum absolute atomic E-state index is 0.114. The first-order valence-electron chi connectivity index (χ1n) is 7.59. The van der Waals surface area contributed by atoms with E-state index in [9.17, 15) is 4.79 Å². The zero-order chi connectivity index (χ0) is 15.9. The van der Waals surface area contributed by atoms with Crippen molar-refractivity contribution in [3.63, 3.8) is 0 Å². The van der Waals surface area contributed by atoms with Crippen LogP contribution in [0.5, 0.6) is 5.75 Å². The summed E-state index contributed by atoms with van der Waals surface area (Å²) in [6, 6.07) is 7.16. The van der Waals surface area contributed by atoms with Crippen LogP contribution in [-0.2, 0) is 9.53 Å². The van der Waals surface area contributed by atoms with Gasteiger partial charge in [0.15, 0.2) is 0 Å². The standard InChI is InChI=1S/C16H23BrN2O3/c1-11(22-14-4-2-3-13(17)9-14)10-19-16(20)15(18)12-5-7-21-8-6-12/h2-4,9,11-12,15H,5-8,10,18H2,1H3,(H,19,20). The van der Waals surface area contributed by atoms with Crippen molar-refractivity contribution in [1.29, 1.82) is 0 Å². The number of rotatable bonds is 6. The molecule has 1 heterocycles. The highest BCUT2D eigenvalue weighted by molar-refractivity contribution is 9.10. The first-order valence-corrected chi connectivity index (χ1v) is 8.39. The first kappa shape index (κ1) is 17.2. The van der Waals surface area contributed by atoms with Crippen molar-refractivity contribution in [2.24, 2.45) is 11.7 Å². The molecular formula is C16H23BrN2O3. The topological polar surface area (TPSA) is 73.6 Å². The van der Waals surface area contributed by atoms with Gasteiger partial charge in [0, 0.05) is 17.7 Å². The van der Waals surface area contributed by atoms with Gasteiger partial charge in [-0.15, -0.1) is 0 Å². The predicted octanol–water partition coefficient (Wildman–Crippen LogP) is 2.09. The Morgan fingerprint density at radius 2 is 2.23 bits per heavy atom. The second kappa shape index (κ2) is 8.50. The van der Waals surface area contributed by atoms with Crippen LogP contribution in [-0.4, -0.2) is 37.8 Å². The lowest BCUT2D eigenvalue weighted by Gasteiger charge is -2.27. The number of hydrogen-bond acceptors (Lipinski definition) is 4. The summed E-state index contributed by atoms with van der Waals surface area (Å²) >= 11 is 3.40. The normalized spacial score (nSPS) is 18.5. The quantitative estimate of drug-likeness (QED) is 0.803. The molecule has 1 aromatic carbocycles. The van der Waals surface area contributed by atoms with Crippen LogP contribution in [0.15, 0.2) is 28.7 Å². The lowest BCUT2D eigenvalue weighted by molar-refractivity contribution is -0.124. The minimum atomic E-state index is -0.470. The van der Waals surface area contributed by atoms with Crippen molar-refractivity contribution in [1.82, 2.24) is 5.32 Å². The Balaban J connectivity index is 1.75. The average Bonchev–Trinajstić information content (AvgIpc) is 2.52. The summed E-state index contributed by atoms with van der Waals surface area (Å²) in [4.78, 5) is 12.1. The molecule has 0 bridgehead atoms. The summed E-state index contributed by atoms with van der Waals surface area (Å²) in [7, 11) is 0. The van der Waals surface area contributed by atoms with E-state index in [1.165, 1.54) is 0 Å². The lowest BCUT2D eigenvalue weighted by atomic mass is 9.92. The molecule has 1 aliphatic heterocycles. The van der Waals surface area contributed by atoms with Crippen LogP contribution in [0.2, 0.25) is 0 Å². The van der Waals surface area contributed by atoms with Crippen LogP contribution >= 0.6 is 15.9 Å². The SMILES string of the molecule is CC(CNC(=O)C(N)C1CCOCC1)Oc1cccc(Br)c1. The second-order valence-electron chi connectivity index (χ2n) is 5.61. The third-order valence-electron chi connectivity index (χ3n) is 3.77. The third-order valence-corrected chi connectivity index (χ3v) is 4.27. The van der Waals surface area contributed by atoms with Gasteiger partial charge in [-0.2, -0.15) is 0 Å². The highest BCUT2D eigenvalue weighted by Crippen LogP contribution is 2.19. The number of amides is 1.